The van der Waals surface area contributed by atoms with Crippen LogP contribution in [0.5, 0.6) is 11.5 Å². The first-order chi connectivity index (χ1) is 20.7. The molecule has 0 atom stereocenters. The van der Waals surface area contributed by atoms with Gasteiger partial charge in [-0.2, -0.15) is 0 Å². The molecule has 0 unspecified atom stereocenters. The van der Waals surface area contributed by atoms with E-state index in [4.69, 9.17) is 19.3 Å². The molecular formula is C33H41N4O5. The summed E-state index contributed by atoms with van der Waals surface area (Å²) < 4.78 is 16.8. The number of carbonyl (C=O) groups is 1. The molecule has 1 radical (unpaired) electrons. The Morgan fingerprint density at radius 1 is 0.952 bits per heavy atom. The molecule has 2 saturated heterocycles. The Kier molecular flexibility index (Phi) is 9.28. The number of amides is 1. The Balaban J connectivity index is 0.987. The number of piperidine rings is 2. The third kappa shape index (κ3) is 6.75. The Hall–Kier alpha value is -3.53. The Morgan fingerprint density at radius 3 is 2.57 bits per heavy atom. The number of rotatable bonds is 12. The molecule has 9 nitrogen and oxygen atoms in total. The molecule has 2 fully saturated rings. The minimum atomic E-state index is -0.0314. The van der Waals surface area contributed by atoms with Gasteiger partial charge in [0.25, 0.3) is 0 Å². The molecule has 6 rings (SSSR count). The maximum Gasteiger partial charge on any atom is 0.222 e. The molecule has 0 saturated carbocycles. The number of carbonyl (C=O) groups excluding carboxylic acids is 1. The number of aliphatic hydroxyl groups excluding tert-OH is 1. The minimum Gasteiger partial charge on any atom is -0.494 e. The SMILES string of the molecule is O=C(CCCOc1ccc2[c]c(-c3c[nH]c4cc(OCOCCO)ccc34)[nH]c2c1)N1CCC(N2CCCCC2)CC1. The van der Waals surface area contributed by atoms with Crippen LogP contribution in [0.4, 0.5) is 0 Å². The van der Waals surface area contributed by atoms with Crippen LogP contribution in [0, 0.1) is 6.07 Å². The van der Waals surface area contributed by atoms with Gasteiger partial charge in [0, 0.05) is 71.8 Å². The molecule has 0 spiro atoms. The maximum atomic E-state index is 12.8. The summed E-state index contributed by atoms with van der Waals surface area (Å²) in [5.74, 6) is 1.72. The number of nitrogens with zero attached hydrogens (tertiary/aromatic N) is 2. The molecule has 9 heteroatoms. The van der Waals surface area contributed by atoms with E-state index in [-0.39, 0.29) is 25.9 Å². The molecule has 223 valence electrons. The van der Waals surface area contributed by atoms with E-state index in [1.807, 2.05) is 42.6 Å². The van der Waals surface area contributed by atoms with E-state index in [1.165, 1.54) is 32.4 Å². The fraction of sp³-hybridized carbons (Fsp3) is 0.485. The second-order valence-electron chi connectivity index (χ2n) is 11.3. The van der Waals surface area contributed by atoms with Crippen LogP contribution in [0.3, 0.4) is 0 Å². The summed E-state index contributed by atoms with van der Waals surface area (Å²) >= 11 is 0. The number of nitrogens with one attached hydrogen (secondary N) is 2. The van der Waals surface area contributed by atoms with Crippen molar-refractivity contribution in [2.45, 2.75) is 51.0 Å². The van der Waals surface area contributed by atoms with Gasteiger partial charge in [0.15, 0.2) is 6.79 Å². The van der Waals surface area contributed by atoms with Gasteiger partial charge in [0.2, 0.25) is 5.91 Å². The summed E-state index contributed by atoms with van der Waals surface area (Å²) in [6, 6.07) is 15.9. The van der Waals surface area contributed by atoms with Crippen molar-refractivity contribution in [1.82, 2.24) is 19.8 Å². The van der Waals surface area contributed by atoms with E-state index < -0.39 is 0 Å². The normalized spacial score (nSPS) is 16.8. The van der Waals surface area contributed by atoms with Crippen LogP contribution in [0.2, 0.25) is 0 Å². The minimum absolute atomic E-state index is 0.0314. The van der Waals surface area contributed by atoms with Crippen LogP contribution in [-0.4, -0.2) is 89.6 Å². The van der Waals surface area contributed by atoms with E-state index >= 15 is 0 Å². The molecule has 2 aromatic carbocycles. The van der Waals surface area contributed by atoms with Crippen LogP contribution >= 0.6 is 0 Å². The summed E-state index contributed by atoms with van der Waals surface area (Å²) in [6.07, 6.45) is 9.41. The number of benzene rings is 2. The lowest BCUT2D eigenvalue weighted by Gasteiger charge is -2.40. The van der Waals surface area contributed by atoms with Crippen LogP contribution in [0.1, 0.15) is 44.9 Å². The zero-order valence-electron chi connectivity index (χ0n) is 24.2. The first-order valence-corrected chi connectivity index (χ1v) is 15.3. The number of aliphatic hydroxyl groups is 1. The summed E-state index contributed by atoms with van der Waals surface area (Å²) in [5.41, 5.74) is 3.81. The van der Waals surface area contributed by atoms with Crippen molar-refractivity contribution in [2.24, 2.45) is 0 Å². The molecule has 2 aromatic heterocycles. The fourth-order valence-corrected chi connectivity index (χ4v) is 6.23. The van der Waals surface area contributed by atoms with E-state index in [2.05, 4.69) is 25.8 Å². The van der Waals surface area contributed by atoms with Crippen LogP contribution < -0.4 is 9.47 Å². The summed E-state index contributed by atoms with van der Waals surface area (Å²) in [7, 11) is 0. The lowest BCUT2D eigenvalue weighted by molar-refractivity contribution is -0.133. The molecule has 4 heterocycles. The predicted octanol–water partition coefficient (Wildman–Crippen LogP) is 5.10. The van der Waals surface area contributed by atoms with Gasteiger partial charge in [-0.05, 0) is 69.5 Å². The number of likely N-dealkylation sites (tertiary alicyclic amines) is 2. The van der Waals surface area contributed by atoms with Crippen LogP contribution in [-0.2, 0) is 9.53 Å². The number of aromatic amines is 2. The van der Waals surface area contributed by atoms with Crippen molar-refractivity contribution in [1.29, 1.82) is 0 Å². The lowest BCUT2D eigenvalue weighted by atomic mass is 9.99. The van der Waals surface area contributed by atoms with Crippen molar-refractivity contribution in [2.75, 3.05) is 52.8 Å². The molecule has 2 aliphatic heterocycles. The molecule has 0 bridgehead atoms. The average molecular weight is 574 g/mol. The van der Waals surface area contributed by atoms with Crippen LogP contribution in [0.25, 0.3) is 33.1 Å². The summed E-state index contributed by atoms with van der Waals surface area (Å²) in [6.45, 7) is 5.04. The fourth-order valence-electron chi connectivity index (χ4n) is 6.23. The van der Waals surface area contributed by atoms with E-state index in [0.29, 0.717) is 31.2 Å². The van der Waals surface area contributed by atoms with Gasteiger partial charge in [-0.3, -0.25) is 4.79 Å². The average Bonchev–Trinajstić information content (AvgIpc) is 3.65. The zero-order chi connectivity index (χ0) is 28.7. The van der Waals surface area contributed by atoms with Crippen molar-refractivity contribution in [3.8, 4) is 22.8 Å². The first-order valence-electron chi connectivity index (χ1n) is 15.3. The third-order valence-electron chi connectivity index (χ3n) is 8.51. The predicted molar refractivity (Wildman–Crippen MR) is 163 cm³/mol. The molecule has 4 aromatic rings. The molecule has 0 aliphatic carbocycles. The molecule has 2 aliphatic rings. The number of H-pyrrole nitrogens is 2. The highest BCUT2D eigenvalue weighted by Gasteiger charge is 2.27. The highest BCUT2D eigenvalue weighted by molar-refractivity contribution is 5.98. The van der Waals surface area contributed by atoms with Crippen molar-refractivity contribution in [3.05, 3.63) is 48.7 Å². The zero-order valence-corrected chi connectivity index (χ0v) is 24.2. The lowest BCUT2D eigenvalue weighted by Crippen LogP contribution is -2.48. The molecular weight excluding hydrogens is 532 g/mol. The first kappa shape index (κ1) is 28.6. The van der Waals surface area contributed by atoms with Gasteiger partial charge in [0.05, 0.1) is 31.0 Å². The number of hydrogen-bond donors (Lipinski definition) is 3. The van der Waals surface area contributed by atoms with E-state index in [0.717, 1.165) is 64.7 Å². The largest absolute Gasteiger partial charge is 0.494 e. The quantitative estimate of drug-likeness (QED) is 0.161. The maximum absolute atomic E-state index is 12.8. The van der Waals surface area contributed by atoms with Crippen molar-refractivity contribution in [3.63, 3.8) is 0 Å². The summed E-state index contributed by atoms with van der Waals surface area (Å²) in [5, 5.41) is 10.9. The second-order valence-corrected chi connectivity index (χ2v) is 11.3. The Bertz CT molecular complexity index is 1470. The number of aromatic nitrogens is 2. The van der Waals surface area contributed by atoms with Gasteiger partial charge >= 0.3 is 0 Å². The highest BCUT2D eigenvalue weighted by atomic mass is 16.7. The van der Waals surface area contributed by atoms with E-state index in [9.17, 15) is 4.79 Å². The second kappa shape index (κ2) is 13.6. The smallest absolute Gasteiger partial charge is 0.222 e. The van der Waals surface area contributed by atoms with Gasteiger partial charge in [-0.1, -0.05) is 6.42 Å². The summed E-state index contributed by atoms with van der Waals surface area (Å²) in [4.78, 5) is 24.3. The molecule has 42 heavy (non-hydrogen) atoms. The van der Waals surface area contributed by atoms with Gasteiger partial charge in [-0.15, -0.1) is 0 Å². The van der Waals surface area contributed by atoms with Gasteiger partial charge in [-0.25, -0.2) is 0 Å². The topological polar surface area (TPSA) is 103 Å². The van der Waals surface area contributed by atoms with Crippen molar-refractivity contribution >= 4 is 27.7 Å². The number of ether oxygens (including phenoxy) is 3. The number of hydrogen-bond acceptors (Lipinski definition) is 6. The van der Waals surface area contributed by atoms with Gasteiger partial charge < -0.3 is 39.1 Å². The number of fused-ring (bicyclic) bond motifs is 2. The Morgan fingerprint density at radius 2 is 1.74 bits per heavy atom. The third-order valence-corrected chi connectivity index (χ3v) is 8.51. The highest BCUT2D eigenvalue weighted by Crippen LogP contribution is 2.33. The Labute approximate surface area is 246 Å². The van der Waals surface area contributed by atoms with Crippen LogP contribution in [0.15, 0.2) is 42.6 Å². The monoisotopic (exact) mass is 573 g/mol. The van der Waals surface area contributed by atoms with Crippen molar-refractivity contribution < 1.29 is 24.1 Å². The molecule has 1 amide bonds. The molecule has 3 N–H and O–H groups in total. The van der Waals surface area contributed by atoms with E-state index in [1.54, 1.807) is 0 Å². The standard InChI is InChI=1S/C33H41N4O5/c38-16-18-40-23-42-27-8-9-28-29(22-34-31(28)21-27)32-19-24-6-7-26(20-30(24)35-32)41-17-4-5-33(39)37-14-10-25(11-15-37)36-12-2-1-3-13-36/h6-9,20-22,25,34-35,38H,1-5,10-18,23H2. The van der Waals surface area contributed by atoms with Gasteiger partial charge in [0.1, 0.15) is 11.5 Å².